The monoisotopic (exact) mass is 487 g/mol. The van der Waals surface area contributed by atoms with Crippen LogP contribution in [0.4, 0.5) is 0 Å². The van der Waals surface area contributed by atoms with Crippen LogP contribution < -0.4 is 0 Å². The van der Waals surface area contributed by atoms with Gasteiger partial charge in [0.05, 0.1) is 11.0 Å². The van der Waals surface area contributed by atoms with Gasteiger partial charge in [-0.1, -0.05) is 48.5 Å². The van der Waals surface area contributed by atoms with Gasteiger partial charge in [-0.05, 0) is 69.6 Å². The molecule has 0 bridgehead atoms. The molecule has 1 aromatic carbocycles. The molecule has 4 rings (SSSR count). The maximum absolute atomic E-state index is 13.2. The Hall–Kier alpha value is -1.36. The summed E-state index contributed by atoms with van der Waals surface area (Å²) in [4.78, 5) is 20.5. The van der Waals surface area contributed by atoms with Gasteiger partial charge in [0, 0.05) is 35.9 Å². The molecule has 2 aliphatic carbocycles. The average molecular weight is 489 g/mol. The lowest BCUT2D eigenvalue weighted by Crippen LogP contribution is -2.41. The van der Waals surface area contributed by atoms with Crippen molar-refractivity contribution >= 4 is 32.9 Å². The second kappa shape index (κ2) is 10.5. The normalized spacial score (nSPS) is 22.7. The number of hydrogen-bond acceptors (Lipinski definition) is 2. The predicted octanol–water partition coefficient (Wildman–Crippen LogP) is 7.05. The van der Waals surface area contributed by atoms with Gasteiger partial charge >= 0.3 is 0 Å². The topological polar surface area (TPSA) is 38.1 Å². The van der Waals surface area contributed by atoms with Crippen molar-refractivity contribution in [2.75, 3.05) is 6.54 Å². The Morgan fingerprint density at radius 1 is 1.10 bits per heavy atom. The zero-order chi connectivity index (χ0) is 21.8. The van der Waals surface area contributed by atoms with E-state index in [1.807, 2.05) is 0 Å². The zero-order valence-corrected chi connectivity index (χ0v) is 20.9. The summed E-state index contributed by atoms with van der Waals surface area (Å²) in [5, 5.41) is 0. The smallest absolute Gasteiger partial charge is 0.224 e. The van der Waals surface area contributed by atoms with E-state index >= 15 is 0 Å². The van der Waals surface area contributed by atoms with Gasteiger partial charge in [0.15, 0.2) is 0 Å². The first-order valence-electron chi connectivity index (χ1n) is 12.6. The molecule has 1 aromatic heterocycles. The molecule has 5 heteroatoms. The van der Waals surface area contributed by atoms with Gasteiger partial charge in [-0.3, -0.25) is 4.79 Å². The summed E-state index contributed by atoms with van der Waals surface area (Å²) < 4.78 is 3.43. The number of hydrogen-bond donors (Lipinski definition) is 0. The summed E-state index contributed by atoms with van der Waals surface area (Å²) in [5.74, 6) is 2.91. The molecule has 2 aliphatic rings. The average Bonchev–Trinajstić information content (AvgIpc) is 3.16. The molecule has 0 N–H and O–H groups in total. The Bertz CT molecular complexity index is 878. The summed E-state index contributed by atoms with van der Waals surface area (Å²) in [5.41, 5.74) is 2.22. The summed E-state index contributed by atoms with van der Waals surface area (Å²) in [6.45, 7) is 6.02. The number of fused-ring (bicyclic) bond motifs is 1. The molecule has 4 nitrogen and oxygen atoms in total. The second-order valence-electron chi connectivity index (χ2n) is 9.60. The van der Waals surface area contributed by atoms with Crippen molar-refractivity contribution in [3.63, 3.8) is 0 Å². The third-order valence-corrected chi connectivity index (χ3v) is 8.25. The van der Waals surface area contributed by atoms with Gasteiger partial charge in [0.1, 0.15) is 5.82 Å². The number of halogens is 1. The van der Waals surface area contributed by atoms with E-state index < -0.39 is 0 Å². The van der Waals surface area contributed by atoms with E-state index in [4.69, 9.17) is 4.98 Å². The van der Waals surface area contributed by atoms with Crippen LogP contribution in [0.25, 0.3) is 11.0 Å². The summed E-state index contributed by atoms with van der Waals surface area (Å²) >= 11 is 3.60. The number of aryl methyl sites for hydroxylation is 1. The van der Waals surface area contributed by atoms with Crippen LogP contribution in [0.2, 0.25) is 0 Å². The van der Waals surface area contributed by atoms with Crippen molar-refractivity contribution in [1.82, 2.24) is 14.5 Å². The first kappa shape index (κ1) is 22.8. The van der Waals surface area contributed by atoms with E-state index in [2.05, 4.69) is 57.4 Å². The number of nitrogens with zero attached hydrogens (tertiary/aromatic N) is 3. The van der Waals surface area contributed by atoms with Crippen molar-refractivity contribution in [2.24, 2.45) is 5.92 Å². The Labute approximate surface area is 195 Å². The van der Waals surface area contributed by atoms with Crippen molar-refractivity contribution in [1.29, 1.82) is 0 Å². The highest BCUT2D eigenvalue weighted by Gasteiger charge is 2.28. The molecule has 0 atom stereocenters. The fraction of sp³-hybridized carbons (Fsp3) is 0.692. The lowest BCUT2D eigenvalue weighted by Gasteiger charge is -2.34. The fourth-order valence-electron chi connectivity index (χ4n) is 5.88. The first-order chi connectivity index (χ1) is 15.1. The molecule has 0 spiro atoms. The molecule has 0 saturated heterocycles. The van der Waals surface area contributed by atoms with E-state index in [1.54, 1.807) is 0 Å². The second-order valence-corrected chi connectivity index (χ2v) is 10.5. The standard InChI is InChI=1S/C26H38BrN3O/c1-3-19-10-12-20(13-11-19)26-28-23-18-21(27)14-15-24(23)30(26)17-16-25(31)29(4-2)22-8-6-5-7-9-22/h14-15,18-20,22H,3-13,16-17H2,1-2H3. The molecule has 0 aliphatic heterocycles. The van der Waals surface area contributed by atoms with Gasteiger partial charge < -0.3 is 9.47 Å². The maximum atomic E-state index is 13.2. The molecule has 2 aromatic rings. The third kappa shape index (κ3) is 5.18. The van der Waals surface area contributed by atoms with E-state index in [9.17, 15) is 4.79 Å². The molecular weight excluding hydrogens is 450 g/mol. The summed E-state index contributed by atoms with van der Waals surface area (Å²) in [6.07, 6.45) is 13.1. The van der Waals surface area contributed by atoms with Gasteiger partial charge in [0.25, 0.3) is 0 Å². The highest BCUT2D eigenvalue weighted by molar-refractivity contribution is 9.10. The van der Waals surface area contributed by atoms with Gasteiger partial charge in [-0.2, -0.15) is 0 Å². The molecule has 2 fully saturated rings. The zero-order valence-electron chi connectivity index (χ0n) is 19.3. The number of imidazole rings is 1. The van der Waals surface area contributed by atoms with E-state index in [0.29, 0.717) is 24.3 Å². The van der Waals surface area contributed by atoms with Crippen molar-refractivity contribution in [3.8, 4) is 0 Å². The number of amides is 1. The van der Waals surface area contributed by atoms with Crippen LogP contribution in [0.1, 0.15) is 96.2 Å². The SMILES string of the molecule is CCC1CCC(c2nc3cc(Br)ccc3n2CCC(=O)N(CC)C2CCCCC2)CC1. The van der Waals surface area contributed by atoms with E-state index in [0.717, 1.165) is 29.0 Å². The molecular formula is C26H38BrN3O. The minimum Gasteiger partial charge on any atom is -0.340 e. The summed E-state index contributed by atoms with van der Waals surface area (Å²) in [7, 11) is 0. The minimum absolute atomic E-state index is 0.314. The van der Waals surface area contributed by atoms with Gasteiger partial charge in [0.2, 0.25) is 5.91 Å². The van der Waals surface area contributed by atoms with Gasteiger partial charge in [-0.15, -0.1) is 0 Å². The Morgan fingerprint density at radius 3 is 2.52 bits per heavy atom. The molecule has 1 heterocycles. The van der Waals surface area contributed by atoms with Crippen LogP contribution >= 0.6 is 15.9 Å². The van der Waals surface area contributed by atoms with Crippen LogP contribution in [0.5, 0.6) is 0 Å². The molecule has 31 heavy (non-hydrogen) atoms. The maximum Gasteiger partial charge on any atom is 0.224 e. The highest BCUT2D eigenvalue weighted by atomic mass is 79.9. The van der Waals surface area contributed by atoms with Crippen LogP contribution in [0.15, 0.2) is 22.7 Å². The summed E-state index contributed by atoms with van der Waals surface area (Å²) in [6, 6.07) is 6.83. The van der Waals surface area contributed by atoms with Crippen LogP contribution in [0, 0.1) is 5.92 Å². The number of rotatable bonds is 7. The number of benzene rings is 1. The Balaban J connectivity index is 1.53. The van der Waals surface area contributed by atoms with Gasteiger partial charge in [-0.25, -0.2) is 4.98 Å². The first-order valence-corrected chi connectivity index (χ1v) is 13.3. The number of aromatic nitrogens is 2. The highest BCUT2D eigenvalue weighted by Crippen LogP contribution is 2.38. The predicted molar refractivity (Wildman–Crippen MR) is 131 cm³/mol. The lowest BCUT2D eigenvalue weighted by atomic mass is 9.80. The van der Waals surface area contributed by atoms with Crippen molar-refractivity contribution in [2.45, 2.75) is 103 Å². The van der Waals surface area contributed by atoms with E-state index in [-0.39, 0.29) is 0 Å². The number of carbonyl (C=O) groups excluding carboxylic acids is 1. The third-order valence-electron chi connectivity index (χ3n) is 7.75. The molecule has 0 radical (unpaired) electrons. The fourth-order valence-corrected chi connectivity index (χ4v) is 6.23. The lowest BCUT2D eigenvalue weighted by molar-refractivity contribution is -0.134. The molecule has 170 valence electrons. The number of carbonyl (C=O) groups is 1. The molecule has 2 saturated carbocycles. The Morgan fingerprint density at radius 2 is 1.84 bits per heavy atom. The molecule has 0 unspecified atom stereocenters. The van der Waals surface area contributed by atoms with E-state index in [1.165, 1.54) is 75.5 Å². The van der Waals surface area contributed by atoms with Crippen molar-refractivity contribution < 1.29 is 4.79 Å². The van der Waals surface area contributed by atoms with Crippen molar-refractivity contribution in [3.05, 3.63) is 28.5 Å². The van der Waals surface area contributed by atoms with Crippen LogP contribution in [-0.4, -0.2) is 32.9 Å². The molecule has 1 amide bonds. The van der Waals surface area contributed by atoms with Crippen LogP contribution in [-0.2, 0) is 11.3 Å². The Kier molecular flexibility index (Phi) is 7.73. The largest absolute Gasteiger partial charge is 0.340 e. The quantitative estimate of drug-likeness (QED) is 0.419. The minimum atomic E-state index is 0.314. The van der Waals surface area contributed by atoms with Crippen LogP contribution in [0.3, 0.4) is 0 Å².